The lowest BCUT2D eigenvalue weighted by atomic mass is 10.0. The zero-order valence-corrected chi connectivity index (χ0v) is 16.6. The number of aryl methyl sites for hydroxylation is 1. The first-order chi connectivity index (χ1) is 14.5. The molecule has 0 aliphatic carbocycles. The molecule has 0 aromatic heterocycles. The predicted octanol–water partition coefficient (Wildman–Crippen LogP) is 2.03. The van der Waals surface area contributed by atoms with Crippen molar-refractivity contribution < 1.29 is 19.1 Å². The molecular formula is C23H23N3O4. The van der Waals surface area contributed by atoms with Gasteiger partial charge in [0.2, 0.25) is 5.91 Å². The molecule has 3 N–H and O–H groups in total. The number of ether oxygens (including phenoxy) is 1. The zero-order valence-electron chi connectivity index (χ0n) is 16.6. The summed E-state index contributed by atoms with van der Waals surface area (Å²) in [5.74, 6) is -0.759. The van der Waals surface area contributed by atoms with Gasteiger partial charge in [0.25, 0.3) is 11.8 Å². The minimum atomic E-state index is -0.537. The number of carbonyl (C=O) groups is 3. The molecule has 0 saturated heterocycles. The highest BCUT2D eigenvalue weighted by molar-refractivity contribution is 5.92. The van der Waals surface area contributed by atoms with Gasteiger partial charge in [0.05, 0.1) is 13.0 Å². The van der Waals surface area contributed by atoms with Crippen LogP contribution in [0.4, 0.5) is 0 Å². The highest BCUT2D eigenvalue weighted by atomic mass is 16.5. The number of fused-ring (bicyclic) bond motifs is 1. The van der Waals surface area contributed by atoms with E-state index >= 15 is 0 Å². The Morgan fingerprint density at radius 2 is 1.57 bits per heavy atom. The fourth-order valence-corrected chi connectivity index (χ4v) is 2.93. The van der Waals surface area contributed by atoms with Gasteiger partial charge in [-0.15, -0.1) is 0 Å². The first kappa shape index (κ1) is 20.9. The third kappa shape index (κ3) is 6.07. The predicted molar refractivity (Wildman–Crippen MR) is 114 cm³/mol. The number of amides is 3. The van der Waals surface area contributed by atoms with Crippen LogP contribution in [0.5, 0.6) is 5.75 Å². The highest BCUT2D eigenvalue weighted by Gasteiger charge is 2.10. The molecule has 0 spiro atoms. The van der Waals surface area contributed by atoms with Crippen molar-refractivity contribution in [1.29, 1.82) is 0 Å². The van der Waals surface area contributed by atoms with E-state index in [9.17, 15) is 14.4 Å². The second-order valence-electron chi connectivity index (χ2n) is 6.79. The molecule has 3 aromatic rings. The average molecular weight is 405 g/mol. The largest absolute Gasteiger partial charge is 0.484 e. The molecule has 0 aliphatic rings. The van der Waals surface area contributed by atoms with Crippen LogP contribution in [0.25, 0.3) is 10.8 Å². The van der Waals surface area contributed by atoms with Gasteiger partial charge in [-0.05, 0) is 41.0 Å². The van der Waals surface area contributed by atoms with E-state index in [-0.39, 0.29) is 25.5 Å². The van der Waals surface area contributed by atoms with Crippen molar-refractivity contribution in [3.05, 3.63) is 77.9 Å². The van der Waals surface area contributed by atoms with Gasteiger partial charge in [-0.2, -0.15) is 0 Å². The fraction of sp³-hybridized carbons (Fsp3) is 0.174. The minimum absolute atomic E-state index is 0.158. The topological polar surface area (TPSA) is 96.5 Å². The monoisotopic (exact) mass is 405 g/mol. The Hall–Kier alpha value is -3.87. The van der Waals surface area contributed by atoms with E-state index in [1.807, 2.05) is 61.5 Å². The smallest absolute Gasteiger partial charge is 0.276 e. The summed E-state index contributed by atoms with van der Waals surface area (Å²) in [6.45, 7) is 1.43. The van der Waals surface area contributed by atoms with Crippen LogP contribution in [0.15, 0.2) is 66.7 Å². The minimum Gasteiger partial charge on any atom is -0.484 e. The second kappa shape index (κ2) is 10.1. The van der Waals surface area contributed by atoms with Crippen molar-refractivity contribution in [1.82, 2.24) is 16.2 Å². The summed E-state index contributed by atoms with van der Waals surface area (Å²) in [6, 6.07) is 20.8. The molecule has 3 aromatic carbocycles. The Morgan fingerprint density at radius 3 is 2.40 bits per heavy atom. The van der Waals surface area contributed by atoms with Crippen molar-refractivity contribution in [2.45, 2.75) is 13.3 Å². The Morgan fingerprint density at radius 1 is 0.833 bits per heavy atom. The first-order valence-electron chi connectivity index (χ1n) is 9.52. The van der Waals surface area contributed by atoms with Crippen LogP contribution >= 0.6 is 0 Å². The third-order valence-electron chi connectivity index (χ3n) is 4.38. The third-order valence-corrected chi connectivity index (χ3v) is 4.38. The van der Waals surface area contributed by atoms with Gasteiger partial charge in [0.1, 0.15) is 5.75 Å². The Bertz CT molecular complexity index is 1060. The van der Waals surface area contributed by atoms with Crippen molar-refractivity contribution in [3.8, 4) is 5.75 Å². The molecule has 3 rings (SSSR count). The van der Waals surface area contributed by atoms with Gasteiger partial charge < -0.3 is 10.1 Å². The zero-order chi connectivity index (χ0) is 21.3. The normalized spacial score (nSPS) is 10.3. The Kier molecular flexibility index (Phi) is 7.00. The summed E-state index contributed by atoms with van der Waals surface area (Å²) >= 11 is 0. The number of nitrogens with one attached hydrogen (secondary N) is 3. The van der Waals surface area contributed by atoms with E-state index in [0.29, 0.717) is 5.75 Å². The molecule has 0 atom stereocenters. The summed E-state index contributed by atoms with van der Waals surface area (Å²) < 4.78 is 5.35. The maximum Gasteiger partial charge on any atom is 0.276 e. The molecule has 0 saturated carbocycles. The van der Waals surface area contributed by atoms with E-state index in [4.69, 9.17) is 4.74 Å². The quantitative estimate of drug-likeness (QED) is 0.524. The van der Waals surface area contributed by atoms with Crippen LogP contribution in [0, 0.1) is 6.92 Å². The van der Waals surface area contributed by atoms with E-state index in [1.165, 1.54) is 0 Å². The molecule has 0 bridgehead atoms. The van der Waals surface area contributed by atoms with E-state index < -0.39 is 11.8 Å². The molecular weight excluding hydrogens is 382 g/mol. The van der Waals surface area contributed by atoms with Gasteiger partial charge in [-0.25, -0.2) is 0 Å². The summed E-state index contributed by atoms with van der Waals surface area (Å²) in [6.07, 6.45) is 0.158. The molecule has 0 heterocycles. The van der Waals surface area contributed by atoms with Crippen LogP contribution in [0.2, 0.25) is 0 Å². The van der Waals surface area contributed by atoms with Gasteiger partial charge in [0.15, 0.2) is 6.61 Å². The van der Waals surface area contributed by atoms with E-state index in [0.717, 1.165) is 21.9 Å². The maximum absolute atomic E-state index is 12.2. The van der Waals surface area contributed by atoms with Gasteiger partial charge in [0, 0.05) is 0 Å². The number of benzene rings is 3. The van der Waals surface area contributed by atoms with Gasteiger partial charge in [-0.1, -0.05) is 54.6 Å². The molecule has 0 unspecified atom stereocenters. The maximum atomic E-state index is 12.2. The highest BCUT2D eigenvalue weighted by Crippen LogP contribution is 2.18. The van der Waals surface area contributed by atoms with Crippen LogP contribution in [-0.2, 0) is 20.8 Å². The second-order valence-corrected chi connectivity index (χ2v) is 6.79. The number of hydrogen-bond acceptors (Lipinski definition) is 4. The van der Waals surface area contributed by atoms with Gasteiger partial charge in [-0.3, -0.25) is 25.2 Å². The summed E-state index contributed by atoms with van der Waals surface area (Å²) in [5.41, 5.74) is 6.39. The molecule has 3 amide bonds. The lowest BCUT2D eigenvalue weighted by Crippen LogP contribution is -2.47. The summed E-state index contributed by atoms with van der Waals surface area (Å²) in [7, 11) is 0. The van der Waals surface area contributed by atoms with Gasteiger partial charge >= 0.3 is 0 Å². The fourth-order valence-electron chi connectivity index (χ4n) is 2.93. The summed E-state index contributed by atoms with van der Waals surface area (Å²) in [5, 5.41) is 4.60. The Labute approximate surface area is 174 Å². The number of carbonyl (C=O) groups excluding carboxylic acids is 3. The lowest BCUT2D eigenvalue weighted by molar-refractivity contribution is -0.130. The Balaban J connectivity index is 1.38. The lowest BCUT2D eigenvalue weighted by Gasteiger charge is -2.10. The molecule has 0 radical (unpaired) electrons. The van der Waals surface area contributed by atoms with Crippen LogP contribution in [0.3, 0.4) is 0 Å². The first-order valence-corrected chi connectivity index (χ1v) is 9.52. The number of rotatable bonds is 7. The van der Waals surface area contributed by atoms with Crippen LogP contribution in [0.1, 0.15) is 11.1 Å². The molecule has 154 valence electrons. The number of hydrazine groups is 1. The molecule has 0 aliphatic heterocycles. The van der Waals surface area contributed by atoms with Crippen molar-refractivity contribution in [3.63, 3.8) is 0 Å². The van der Waals surface area contributed by atoms with Crippen molar-refractivity contribution >= 4 is 28.5 Å². The molecule has 7 heteroatoms. The van der Waals surface area contributed by atoms with Crippen molar-refractivity contribution in [2.24, 2.45) is 0 Å². The SMILES string of the molecule is Cc1cccc(OCC(=O)NNC(=O)CNC(=O)Cc2cccc3ccccc23)c1. The van der Waals surface area contributed by atoms with Crippen LogP contribution in [-0.4, -0.2) is 30.9 Å². The van der Waals surface area contributed by atoms with E-state index in [1.54, 1.807) is 12.1 Å². The van der Waals surface area contributed by atoms with Crippen LogP contribution < -0.4 is 20.9 Å². The molecule has 7 nitrogen and oxygen atoms in total. The molecule has 30 heavy (non-hydrogen) atoms. The van der Waals surface area contributed by atoms with Crippen molar-refractivity contribution in [2.75, 3.05) is 13.2 Å². The standard InChI is InChI=1S/C23H23N3O4/c1-16-6-4-10-19(12-16)30-15-23(29)26-25-22(28)14-24-21(27)13-18-9-5-8-17-7-2-3-11-20(17)18/h2-12H,13-15H2,1H3,(H,24,27)(H,25,28)(H,26,29). The average Bonchev–Trinajstić information content (AvgIpc) is 2.75. The summed E-state index contributed by atoms with van der Waals surface area (Å²) in [4.78, 5) is 35.8. The van der Waals surface area contributed by atoms with E-state index in [2.05, 4.69) is 16.2 Å². The number of hydrogen-bond donors (Lipinski definition) is 3. The molecule has 0 fully saturated rings.